The van der Waals surface area contributed by atoms with Crippen LogP contribution in [-0.2, 0) is 6.42 Å². The van der Waals surface area contributed by atoms with Crippen LogP contribution in [0, 0.1) is 0 Å². The van der Waals surface area contributed by atoms with Crippen LogP contribution in [0.1, 0.15) is 12.6 Å². The lowest BCUT2D eigenvalue weighted by Crippen LogP contribution is -2.45. The summed E-state index contributed by atoms with van der Waals surface area (Å²) in [5.74, 6) is 0. The molecule has 0 fully saturated rings. The molecule has 13 heavy (non-hydrogen) atoms. The Morgan fingerprint density at radius 2 is 2.38 bits per heavy atom. The zero-order valence-corrected chi connectivity index (χ0v) is 9.33. The first-order valence-electron chi connectivity index (χ1n) is 3.59. The summed E-state index contributed by atoms with van der Waals surface area (Å²) in [6.07, 6.45) is -2.44. The number of aromatic nitrogens is 1. The number of rotatable bonds is 3. The van der Waals surface area contributed by atoms with Gasteiger partial charge in [-0.1, -0.05) is 0 Å². The van der Waals surface area contributed by atoms with Gasteiger partial charge in [-0.15, -0.1) is 11.3 Å². The van der Waals surface area contributed by atoms with Crippen molar-refractivity contribution >= 4 is 27.3 Å². The van der Waals surface area contributed by atoms with E-state index in [-0.39, 0.29) is 6.42 Å². The molecule has 0 spiro atoms. The molecule has 6 heteroatoms. The highest BCUT2D eigenvalue weighted by Gasteiger charge is 2.31. The largest absolute Gasteiger partial charge is 0.320 e. The van der Waals surface area contributed by atoms with Gasteiger partial charge in [-0.3, -0.25) is 0 Å². The quantitative estimate of drug-likeness (QED) is 0.917. The molecule has 1 heterocycles. The Morgan fingerprint density at radius 1 is 1.77 bits per heavy atom. The van der Waals surface area contributed by atoms with E-state index in [4.69, 9.17) is 5.73 Å². The normalized spacial score (nSPS) is 16.2. The fourth-order valence-electron chi connectivity index (χ4n) is 0.831. The van der Waals surface area contributed by atoms with Crippen molar-refractivity contribution in [2.24, 2.45) is 5.73 Å². The van der Waals surface area contributed by atoms with Crippen molar-refractivity contribution in [1.82, 2.24) is 4.98 Å². The molecule has 0 aliphatic rings. The monoisotopic (exact) mass is 270 g/mol. The summed E-state index contributed by atoms with van der Waals surface area (Å²) < 4.78 is 25.4. The van der Waals surface area contributed by atoms with E-state index in [0.717, 1.165) is 0 Å². The summed E-state index contributed by atoms with van der Waals surface area (Å²) in [4.78, 5) is 4.00. The topological polar surface area (TPSA) is 38.9 Å². The van der Waals surface area contributed by atoms with Gasteiger partial charge in [-0.2, -0.15) is 0 Å². The molecular formula is C7H9BrF2N2S. The lowest BCUT2D eigenvalue weighted by molar-refractivity contribution is 0.0635. The molecule has 74 valence electrons. The Morgan fingerprint density at radius 3 is 2.77 bits per heavy atom. The van der Waals surface area contributed by atoms with Gasteiger partial charge < -0.3 is 5.73 Å². The molecule has 1 atom stereocenters. The van der Waals surface area contributed by atoms with E-state index in [1.807, 2.05) is 0 Å². The molecule has 0 aromatic carbocycles. The van der Waals surface area contributed by atoms with Gasteiger partial charge in [0, 0.05) is 11.8 Å². The summed E-state index contributed by atoms with van der Waals surface area (Å²) >= 11 is 4.52. The van der Waals surface area contributed by atoms with Crippen LogP contribution >= 0.6 is 27.3 Å². The number of alkyl halides is 2. The van der Waals surface area contributed by atoms with E-state index in [0.29, 0.717) is 9.61 Å². The van der Waals surface area contributed by atoms with Gasteiger partial charge in [0.25, 0.3) is 6.43 Å². The van der Waals surface area contributed by atoms with Crippen molar-refractivity contribution in [2.75, 3.05) is 0 Å². The van der Waals surface area contributed by atoms with Crippen molar-refractivity contribution < 1.29 is 8.78 Å². The number of hydrogen-bond acceptors (Lipinski definition) is 3. The van der Waals surface area contributed by atoms with Crippen LogP contribution in [0.15, 0.2) is 9.30 Å². The second kappa shape index (κ2) is 3.98. The summed E-state index contributed by atoms with van der Waals surface area (Å²) in [6, 6.07) is 0. The number of halogens is 3. The van der Waals surface area contributed by atoms with Crippen LogP contribution in [0.2, 0.25) is 0 Å². The average molecular weight is 271 g/mol. The highest BCUT2D eigenvalue weighted by atomic mass is 79.9. The van der Waals surface area contributed by atoms with Gasteiger partial charge in [0.15, 0.2) is 3.92 Å². The Balaban J connectivity index is 2.68. The molecule has 0 radical (unpaired) electrons. The fourth-order valence-corrected chi connectivity index (χ4v) is 1.88. The van der Waals surface area contributed by atoms with Crippen LogP contribution in [0.5, 0.6) is 0 Å². The summed E-state index contributed by atoms with van der Waals surface area (Å²) in [5, 5.41) is 1.72. The predicted octanol–water partition coefficient (Wildman–Crippen LogP) is 2.43. The molecule has 0 amide bonds. The van der Waals surface area contributed by atoms with E-state index >= 15 is 0 Å². The summed E-state index contributed by atoms with van der Waals surface area (Å²) in [7, 11) is 0. The summed E-state index contributed by atoms with van der Waals surface area (Å²) in [6.45, 7) is 1.32. The average Bonchev–Trinajstić information content (AvgIpc) is 2.34. The minimum Gasteiger partial charge on any atom is -0.320 e. The number of nitrogens with zero attached hydrogens (tertiary/aromatic N) is 1. The van der Waals surface area contributed by atoms with Crippen molar-refractivity contribution in [2.45, 2.75) is 25.3 Å². The Hall–Kier alpha value is -0.0700. The number of nitrogens with two attached hydrogens (primary N) is 1. The van der Waals surface area contributed by atoms with Crippen LogP contribution in [0.3, 0.4) is 0 Å². The first kappa shape index (κ1) is 11.0. The standard InChI is InChI=1S/C7H9BrF2N2S/c1-7(11,5(9)10)2-4-3-13-6(8)12-4/h3,5H,2,11H2,1H3. The second-order valence-electron chi connectivity index (χ2n) is 3.08. The minimum atomic E-state index is -2.53. The molecule has 0 aliphatic heterocycles. The zero-order chi connectivity index (χ0) is 10.1. The maximum Gasteiger partial charge on any atom is 0.256 e. The Kier molecular flexibility index (Phi) is 3.37. The third kappa shape index (κ3) is 2.96. The molecule has 0 saturated heterocycles. The SMILES string of the molecule is CC(N)(Cc1csc(Br)n1)C(F)F. The van der Waals surface area contributed by atoms with E-state index in [2.05, 4.69) is 20.9 Å². The molecule has 1 aromatic heterocycles. The van der Waals surface area contributed by atoms with E-state index < -0.39 is 12.0 Å². The smallest absolute Gasteiger partial charge is 0.256 e. The maximum atomic E-state index is 12.3. The second-order valence-corrected chi connectivity index (χ2v) is 5.21. The molecular weight excluding hydrogens is 262 g/mol. The minimum absolute atomic E-state index is 0.0900. The van der Waals surface area contributed by atoms with Gasteiger partial charge in [-0.25, -0.2) is 13.8 Å². The van der Waals surface area contributed by atoms with Crippen LogP contribution < -0.4 is 5.73 Å². The van der Waals surface area contributed by atoms with Gasteiger partial charge in [0.1, 0.15) is 0 Å². The van der Waals surface area contributed by atoms with E-state index in [1.165, 1.54) is 18.3 Å². The first-order valence-corrected chi connectivity index (χ1v) is 5.26. The molecule has 1 unspecified atom stereocenters. The third-order valence-corrected chi connectivity index (χ3v) is 3.00. The Bertz CT molecular complexity index is 288. The lowest BCUT2D eigenvalue weighted by Gasteiger charge is -2.21. The van der Waals surface area contributed by atoms with Crippen molar-refractivity contribution in [1.29, 1.82) is 0 Å². The first-order chi connectivity index (χ1) is 5.92. The third-order valence-electron chi connectivity index (χ3n) is 1.58. The predicted molar refractivity (Wildman–Crippen MR) is 52.1 cm³/mol. The number of thiazole rings is 1. The van der Waals surface area contributed by atoms with E-state index in [1.54, 1.807) is 5.38 Å². The van der Waals surface area contributed by atoms with Crippen molar-refractivity contribution in [3.8, 4) is 0 Å². The van der Waals surface area contributed by atoms with Crippen molar-refractivity contribution in [3.63, 3.8) is 0 Å². The highest BCUT2D eigenvalue weighted by Crippen LogP contribution is 2.22. The summed E-state index contributed by atoms with van der Waals surface area (Å²) in [5.41, 5.74) is 4.51. The maximum absolute atomic E-state index is 12.3. The molecule has 1 rings (SSSR count). The lowest BCUT2D eigenvalue weighted by atomic mass is 9.99. The van der Waals surface area contributed by atoms with Gasteiger partial charge in [0.05, 0.1) is 11.2 Å². The Labute approximate surface area is 87.3 Å². The van der Waals surface area contributed by atoms with Gasteiger partial charge in [0.2, 0.25) is 0 Å². The van der Waals surface area contributed by atoms with Gasteiger partial charge in [-0.05, 0) is 22.9 Å². The van der Waals surface area contributed by atoms with Crippen LogP contribution in [0.4, 0.5) is 8.78 Å². The number of hydrogen-bond donors (Lipinski definition) is 1. The highest BCUT2D eigenvalue weighted by molar-refractivity contribution is 9.11. The van der Waals surface area contributed by atoms with Gasteiger partial charge >= 0.3 is 0 Å². The van der Waals surface area contributed by atoms with E-state index in [9.17, 15) is 8.78 Å². The molecule has 0 saturated carbocycles. The molecule has 2 N–H and O–H groups in total. The molecule has 0 aliphatic carbocycles. The fraction of sp³-hybridized carbons (Fsp3) is 0.571. The van der Waals surface area contributed by atoms with Crippen LogP contribution in [-0.4, -0.2) is 16.9 Å². The zero-order valence-electron chi connectivity index (χ0n) is 6.93. The van der Waals surface area contributed by atoms with Crippen LogP contribution in [0.25, 0.3) is 0 Å². The molecule has 2 nitrogen and oxygen atoms in total. The van der Waals surface area contributed by atoms with Crippen molar-refractivity contribution in [3.05, 3.63) is 15.0 Å². The molecule has 1 aromatic rings. The molecule has 0 bridgehead atoms.